The molecule has 5 aliphatic rings. The molecule has 1 aliphatic heterocycles. The summed E-state index contributed by atoms with van der Waals surface area (Å²) in [6.07, 6.45) is 12.9. The van der Waals surface area contributed by atoms with E-state index in [-0.39, 0.29) is 22.4 Å². The minimum absolute atomic E-state index is 0.0886. The van der Waals surface area contributed by atoms with Crippen molar-refractivity contribution in [3.05, 3.63) is 23.8 Å². The predicted octanol–water partition coefficient (Wildman–Crippen LogP) is 4.04. The Morgan fingerprint density at radius 2 is 1.83 bits per heavy atom. The molecule has 3 heteroatoms. The highest BCUT2D eigenvalue weighted by molar-refractivity contribution is 5.93. The standard InChI is InChI=1S/C21H28O3/c1-19-8-5-15(22)13-14(19)3-4-16-17(19)6-9-20(2)18(16)7-10-21(20)23-11-12-24-21/h3,5,8,16-18H,4,6-7,9-13H2,1-2H3/t16-,17+,18+,19+,20+/m1/s1. The summed E-state index contributed by atoms with van der Waals surface area (Å²) in [5.41, 5.74) is 1.62. The highest BCUT2D eigenvalue weighted by Crippen LogP contribution is 2.67. The monoisotopic (exact) mass is 328 g/mol. The molecule has 24 heavy (non-hydrogen) atoms. The van der Waals surface area contributed by atoms with Gasteiger partial charge in [0, 0.05) is 23.7 Å². The third-order valence-electron chi connectivity index (χ3n) is 8.31. The summed E-state index contributed by atoms with van der Waals surface area (Å²) in [6, 6.07) is 0. The topological polar surface area (TPSA) is 35.5 Å². The third kappa shape index (κ3) is 1.73. The van der Waals surface area contributed by atoms with E-state index in [1.165, 1.54) is 24.8 Å². The second-order valence-electron chi connectivity index (χ2n) is 9.05. The van der Waals surface area contributed by atoms with Gasteiger partial charge >= 0.3 is 0 Å². The van der Waals surface area contributed by atoms with Crippen LogP contribution in [0.15, 0.2) is 23.8 Å². The molecule has 1 saturated heterocycles. The van der Waals surface area contributed by atoms with Crippen molar-refractivity contribution >= 4 is 5.78 Å². The maximum Gasteiger partial charge on any atom is 0.174 e. The number of fused-ring (bicyclic) bond motifs is 6. The molecule has 0 unspecified atom stereocenters. The highest BCUT2D eigenvalue weighted by Gasteiger charge is 2.66. The fourth-order valence-electron chi connectivity index (χ4n) is 6.99. The van der Waals surface area contributed by atoms with Gasteiger partial charge in [0.25, 0.3) is 0 Å². The number of hydrogen-bond acceptors (Lipinski definition) is 3. The van der Waals surface area contributed by atoms with Crippen molar-refractivity contribution in [3.63, 3.8) is 0 Å². The van der Waals surface area contributed by atoms with Crippen LogP contribution in [0, 0.1) is 28.6 Å². The van der Waals surface area contributed by atoms with E-state index in [9.17, 15) is 4.79 Å². The van der Waals surface area contributed by atoms with Crippen LogP contribution in [0.1, 0.15) is 52.4 Å². The molecule has 3 nitrogen and oxygen atoms in total. The van der Waals surface area contributed by atoms with Crippen LogP contribution in [-0.4, -0.2) is 24.8 Å². The summed E-state index contributed by atoms with van der Waals surface area (Å²) in [6.45, 7) is 6.30. The molecule has 0 aromatic rings. The lowest BCUT2D eigenvalue weighted by molar-refractivity contribution is -0.241. The number of rotatable bonds is 0. The van der Waals surface area contributed by atoms with E-state index in [0.29, 0.717) is 24.2 Å². The number of ether oxygens (including phenoxy) is 2. The van der Waals surface area contributed by atoms with E-state index in [1.54, 1.807) is 0 Å². The molecular weight excluding hydrogens is 300 g/mol. The van der Waals surface area contributed by atoms with E-state index in [0.717, 1.165) is 26.1 Å². The molecule has 0 radical (unpaired) electrons. The van der Waals surface area contributed by atoms with Gasteiger partial charge in [0.1, 0.15) is 0 Å². The summed E-state index contributed by atoms with van der Waals surface area (Å²) < 4.78 is 12.4. The Hall–Kier alpha value is -0.930. The molecule has 0 bridgehead atoms. The van der Waals surface area contributed by atoms with Crippen molar-refractivity contribution in [2.45, 2.75) is 58.2 Å². The normalized spacial score (nSPS) is 48.8. The van der Waals surface area contributed by atoms with E-state index in [4.69, 9.17) is 9.47 Å². The van der Waals surface area contributed by atoms with E-state index in [2.05, 4.69) is 26.0 Å². The van der Waals surface area contributed by atoms with Crippen molar-refractivity contribution in [2.75, 3.05) is 13.2 Å². The number of carbonyl (C=O) groups is 1. The molecule has 0 N–H and O–H groups in total. The van der Waals surface area contributed by atoms with Gasteiger partial charge in [-0.15, -0.1) is 0 Å². The van der Waals surface area contributed by atoms with Crippen LogP contribution in [-0.2, 0) is 14.3 Å². The summed E-state index contributed by atoms with van der Waals surface area (Å²) in [7, 11) is 0. The molecule has 2 saturated carbocycles. The lowest BCUT2D eigenvalue weighted by atomic mass is 9.49. The van der Waals surface area contributed by atoms with Crippen molar-refractivity contribution in [1.29, 1.82) is 0 Å². The molecule has 3 fully saturated rings. The Balaban J connectivity index is 1.52. The predicted molar refractivity (Wildman–Crippen MR) is 91.3 cm³/mol. The number of hydrogen-bond donors (Lipinski definition) is 0. The largest absolute Gasteiger partial charge is 0.347 e. The molecule has 1 spiro atoms. The molecule has 4 aliphatic carbocycles. The van der Waals surface area contributed by atoms with Gasteiger partial charge in [-0.05, 0) is 49.5 Å². The number of allylic oxidation sites excluding steroid dienone is 4. The van der Waals surface area contributed by atoms with Crippen LogP contribution >= 0.6 is 0 Å². The van der Waals surface area contributed by atoms with Gasteiger partial charge in [-0.1, -0.05) is 31.6 Å². The second kappa shape index (κ2) is 4.82. The molecule has 1 heterocycles. The second-order valence-corrected chi connectivity index (χ2v) is 9.05. The van der Waals surface area contributed by atoms with Gasteiger partial charge < -0.3 is 9.47 Å². The summed E-state index contributed by atoms with van der Waals surface area (Å²) >= 11 is 0. The van der Waals surface area contributed by atoms with Gasteiger partial charge in [0.05, 0.1) is 13.2 Å². The Morgan fingerprint density at radius 3 is 2.62 bits per heavy atom. The molecule has 130 valence electrons. The Labute approximate surface area is 144 Å². The maximum absolute atomic E-state index is 11.9. The van der Waals surface area contributed by atoms with Crippen molar-refractivity contribution in [1.82, 2.24) is 0 Å². The average molecular weight is 328 g/mol. The molecule has 0 aromatic heterocycles. The molecule has 0 amide bonds. The molecule has 5 atom stereocenters. The van der Waals surface area contributed by atoms with Gasteiger partial charge in [0.2, 0.25) is 0 Å². The number of carbonyl (C=O) groups excluding carboxylic acids is 1. The first-order valence-corrected chi connectivity index (χ1v) is 9.68. The van der Waals surface area contributed by atoms with E-state index < -0.39 is 0 Å². The minimum Gasteiger partial charge on any atom is -0.347 e. The maximum atomic E-state index is 11.9. The highest BCUT2D eigenvalue weighted by atomic mass is 16.7. The van der Waals surface area contributed by atoms with Gasteiger partial charge in [-0.2, -0.15) is 0 Å². The van der Waals surface area contributed by atoms with E-state index in [1.807, 2.05) is 6.08 Å². The van der Waals surface area contributed by atoms with Gasteiger partial charge in [0.15, 0.2) is 11.6 Å². The quantitative estimate of drug-likeness (QED) is 0.630. The first-order valence-electron chi connectivity index (χ1n) is 9.68. The summed E-state index contributed by atoms with van der Waals surface area (Å²) in [5, 5.41) is 0. The lowest BCUT2D eigenvalue weighted by Gasteiger charge is -2.57. The minimum atomic E-state index is -0.314. The molecule has 0 aromatic carbocycles. The Morgan fingerprint density at radius 1 is 1.08 bits per heavy atom. The van der Waals surface area contributed by atoms with Gasteiger partial charge in [-0.25, -0.2) is 0 Å². The van der Waals surface area contributed by atoms with Crippen LogP contribution < -0.4 is 0 Å². The SMILES string of the molecule is C[C@]12C=CC(=O)CC1=CC[C@@H]1[C@@H]2CC[C@@]2(C)[C@H]1CCC21OCCO1. The van der Waals surface area contributed by atoms with Gasteiger partial charge in [-0.3, -0.25) is 4.79 Å². The smallest absolute Gasteiger partial charge is 0.174 e. The number of ketones is 1. The third-order valence-corrected chi connectivity index (χ3v) is 8.31. The lowest BCUT2D eigenvalue weighted by Crippen LogP contribution is -2.54. The zero-order valence-corrected chi connectivity index (χ0v) is 14.8. The van der Waals surface area contributed by atoms with E-state index >= 15 is 0 Å². The summed E-state index contributed by atoms with van der Waals surface area (Å²) in [5.74, 6) is 1.99. The fourth-order valence-corrected chi connectivity index (χ4v) is 6.99. The zero-order chi connectivity index (χ0) is 16.6. The Bertz CT molecular complexity index is 641. The first-order chi connectivity index (χ1) is 11.5. The van der Waals surface area contributed by atoms with Crippen LogP contribution in [0.2, 0.25) is 0 Å². The zero-order valence-electron chi connectivity index (χ0n) is 14.8. The Kier molecular flexibility index (Phi) is 3.08. The van der Waals surface area contributed by atoms with Crippen LogP contribution in [0.25, 0.3) is 0 Å². The van der Waals surface area contributed by atoms with Crippen molar-refractivity contribution in [2.24, 2.45) is 28.6 Å². The van der Waals surface area contributed by atoms with Crippen LogP contribution in [0.3, 0.4) is 0 Å². The van der Waals surface area contributed by atoms with Crippen LogP contribution in [0.4, 0.5) is 0 Å². The van der Waals surface area contributed by atoms with Crippen molar-refractivity contribution < 1.29 is 14.3 Å². The fraction of sp³-hybridized carbons (Fsp3) is 0.762. The van der Waals surface area contributed by atoms with Crippen LogP contribution in [0.5, 0.6) is 0 Å². The average Bonchev–Trinajstić information content (AvgIpc) is 3.15. The molecule has 5 rings (SSSR count). The van der Waals surface area contributed by atoms with Crippen molar-refractivity contribution in [3.8, 4) is 0 Å². The molecular formula is C21H28O3. The summed E-state index contributed by atoms with van der Waals surface area (Å²) in [4.78, 5) is 11.9. The first kappa shape index (κ1) is 15.3.